The lowest BCUT2D eigenvalue weighted by Gasteiger charge is -2.33. The van der Waals surface area contributed by atoms with E-state index in [-0.39, 0.29) is 24.1 Å². The second-order valence-electron chi connectivity index (χ2n) is 7.75. The molecular weight excluding hydrogens is 374 g/mol. The fourth-order valence-electron chi connectivity index (χ4n) is 4.39. The molecule has 2 fully saturated rings. The zero-order valence-electron chi connectivity index (χ0n) is 16.8. The number of nitrogens with one attached hydrogen (secondary N) is 2. The minimum Gasteiger partial charge on any atom is -0.374 e. The van der Waals surface area contributed by atoms with E-state index in [0.29, 0.717) is 19.6 Å². The number of imide groups is 1. The van der Waals surface area contributed by atoms with E-state index in [9.17, 15) is 14.4 Å². The summed E-state index contributed by atoms with van der Waals surface area (Å²) in [4.78, 5) is 39.2. The number of fused-ring (bicyclic) bond motifs is 1. The lowest BCUT2D eigenvalue weighted by molar-refractivity contribution is -0.135. The van der Waals surface area contributed by atoms with Gasteiger partial charge >= 0.3 is 5.69 Å². The second-order valence-corrected chi connectivity index (χ2v) is 7.75. The number of likely N-dealkylation sites (N-methyl/N-ethyl adjacent to an activating group) is 1. The van der Waals surface area contributed by atoms with Crippen molar-refractivity contribution in [3.05, 3.63) is 34.2 Å². The summed E-state index contributed by atoms with van der Waals surface area (Å²) in [5.41, 5.74) is 2.36. The molecular formula is C20H27N5O4. The van der Waals surface area contributed by atoms with Gasteiger partial charge in [-0.2, -0.15) is 0 Å². The van der Waals surface area contributed by atoms with Crippen molar-refractivity contribution in [2.24, 2.45) is 7.05 Å². The predicted molar refractivity (Wildman–Crippen MR) is 108 cm³/mol. The summed E-state index contributed by atoms with van der Waals surface area (Å²) < 4.78 is 8.93. The minimum atomic E-state index is -0.664. The molecule has 2 aliphatic rings. The third-order valence-electron chi connectivity index (χ3n) is 5.76. The topological polar surface area (TPSA) is 97.6 Å². The summed E-state index contributed by atoms with van der Waals surface area (Å²) in [6.45, 7) is 3.83. The highest BCUT2D eigenvalue weighted by atomic mass is 16.5. The highest BCUT2D eigenvalue weighted by molar-refractivity contribution is 6.00. The van der Waals surface area contributed by atoms with Crippen molar-refractivity contribution in [3.8, 4) is 0 Å². The first kappa shape index (κ1) is 19.8. The Morgan fingerprint density at radius 3 is 2.86 bits per heavy atom. The lowest BCUT2D eigenvalue weighted by Crippen LogP contribution is -2.45. The first-order chi connectivity index (χ1) is 14.0. The van der Waals surface area contributed by atoms with Gasteiger partial charge in [-0.1, -0.05) is 12.1 Å². The Balaban J connectivity index is 1.68. The number of benzene rings is 1. The van der Waals surface area contributed by atoms with Gasteiger partial charge in [0.2, 0.25) is 11.8 Å². The van der Waals surface area contributed by atoms with Crippen LogP contribution in [0.3, 0.4) is 0 Å². The molecule has 3 heterocycles. The van der Waals surface area contributed by atoms with Crippen molar-refractivity contribution in [3.63, 3.8) is 0 Å². The van der Waals surface area contributed by atoms with Crippen LogP contribution in [0.2, 0.25) is 0 Å². The quantitative estimate of drug-likeness (QED) is 0.670. The maximum atomic E-state index is 13.0. The Morgan fingerprint density at radius 2 is 2.10 bits per heavy atom. The van der Waals surface area contributed by atoms with E-state index in [1.54, 1.807) is 11.6 Å². The number of ether oxygens (including phenoxy) is 1. The standard InChI is InChI=1S/C20H27N5O4/c1-21-10-14-12-24(8-9-29-14)11-13-4-3-5-15-18(13)23(2)20(28)25(15)16-6-7-17(26)22-19(16)27/h3-5,14,16,21H,6-12H2,1-2H3,(H,22,26,27)/t14-,16?/m1/s1. The van der Waals surface area contributed by atoms with Crippen LogP contribution in [-0.2, 0) is 27.9 Å². The molecule has 156 valence electrons. The van der Waals surface area contributed by atoms with Gasteiger partial charge in [-0.3, -0.25) is 28.9 Å². The van der Waals surface area contributed by atoms with E-state index in [4.69, 9.17) is 4.74 Å². The molecule has 9 nitrogen and oxygen atoms in total. The average molecular weight is 401 g/mol. The SMILES string of the molecule is CNC[C@@H]1CN(Cc2cccc3c2n(C)c(=O)n3C2CCC(=O)NC2=O)CCO1. The van der Waals surface area contributed by atoms with Gasteiger partial charge in [0.1, 0.15) is 6.04 Å². The molecule has 2 aliphatic heterocycles. The Kier molecular flexibility index (Phi) is 5.53. The number of amides is 2. The molecule has 1 aromatic heterocycles. The van der Waals surface area contributed by atoms with Gasteiger partial charge in [-0.05, 0) is 25.1 Å². The first-order valence-corrected chi connectivity index (χ1v) is 10.0. The molecule has 0 spiro atoms. The monoisotopic (exact) mass is 401 g/mol. The van der Waals surface area contributed by atoms with Crippen molar-refractivity contribution in [1.29, 1.82) is 0 Å². The molecule has 0 aliphatic carbocycles. The van der Waals surface area contributed by atoms with Crippen LogP contribution in [0, 0.1) is 0 Å². The number of nitrogens with zero attached hydrogens (tertiary/aromatic N) is 3. The third kappa shape index (κ3) is 3.73. The highest BCUT2D eigenvalue weighted by Crippen LogP contribution is 2.26. The van der Waals surface area contributed by atoms with Crippen molar-refractivity contribution < 1.29 is 14.3 Å². The van der Waals surface area contributed by atoms with E-state index < -0.39 is 11.9 Å². The van der Waals surface area contributed by atoms with E-state index >= 15 is 0 Å². The zero-order valence-corrected chi connectivity index (χ0v) is 16.8. The van der Waals surface area contributed by atoms with Gasteiger partial charge in [0, 0.05) is 39.6 Å². The second kappa shape index (κ2) is 8.10. The number of hydrogen-bond acceptors (Lipinski definition) is 6. The summed E-state index contributed by atoms with van der Waals surface area (Å²) in [5.74, 6) is -0.701. The summed E-state index contributed by atoms with van der Waals surface area (Å²) in [6, 6.07) is 5.15. The molecule has 29 heavy (non-hydrogen) atoms. The fourth-order valence-corrected chi connectivity index (χ4v) is 4.39. The van der Waals surface area contributed by atoms with E-state index in [0.717, 1.165) is 36.2 Å². The van der Waals surface area contributed by atoms with Crippen LogP contribution in [0.1, 0.15) is 24.4 Å². The number of imidazole rings is 1. The number of aryl methyl sites for hydroxylation is 1. The van der Waals surface area contributed by atoms with Crippen LogP contribution in [0.15, 0.2) is 23.0 Å². The first-order valence-electron chi connectivity index (χ1n) is 10.0. The molecule has 2 saturated heterocycles. The third-order valence-corrected chi connectivity index (χ3v) is 5.76. The maximum absolute atomic E-state index is 13.0. The zero-order chi connectivity index (χ0) is 20.5. The maximum Gasteiger partial charge on any atom is 0.329 e. The van der Waals surface area contributed by atoms with Crippen molar-refractivity contribution in [2.45, 2.75) is 31.5 Å². The number of hydrogen-bond donors (Lipinski definition) is 2. The van der Waals surface area contributed by atoms with Gasteiger partial charge < -0.3 is 10.1 Å². The Morgan fingerprint density at radius 1 is 1.28 bits per heavy atom. The molecule has 2 amide bonds. The van der Waals surface area contributed by atoms with Crippen LogP contribution < -0.4 is 16.3 Å². The molecule has 0 bridgehead atoms. The highest BCUT2D eigenvalue weighted by Gasteiger charge is 2.31. The van der Waals surface area contributed by atoms with Crippen LogP contribution in [0.5, 0.6) is 0 Å². The number of para-hydroxylation sites is 1. The molecule has 2 N–H and O–H groups in total. The van der Waals surface area contributed by atoms with Gasteiger partial charge in [-0.15, -0.1) is 0 Å². The molecule has 1 aromatic carbocycles. The fraction of sp³-hybridized carbons (Fsp3) is 0.550. The van der Waals surface area contributed by atoms with E-state index in [2.05, 4.69) is 15.5 Å². The summed E-state index contributed by atoms with van der Waals surface area (Å²) in [6.07, 6.45) is 0.715. The van der Waals surface area contributed by atoms with Crippen LogP contribution in [0.25, 0.3) is 11.0 Å². The summed E-state index contributed by atoms with van der Waals surface area (Å²) in [7, 11) is 3.65. The number of aromatic nitrogens is 2. The molecule has 4 rings (SSSR count). The van der Waals surface area contributed by atoms with Gasteiger partial charge in [0.15, 0.2) is 0 Å². The number of rotatable bonds is 5. The number of morpholine rings is 1. The van der Waals surface area contributed by atoms with Crippen LogP contribution in [-0.4, -0.2) is 65.2 Å². The van der Waals surface area contributed by atoms with E-state index in [1.165, 1.54) is 4.57 Å². The van der Waals surface area contributed by atoms with Crippen LogP contribution in [0.4, 0.5) is 0 Å². The Labute approximate surface area is 168 Å². The Bertz CT molecular complexity index is 993. The largest absolute Gasteiger partial charge is 0.374 e. The van der Waals surface area contributed by atoms with Crippen molar-refractivity contribution >= 4 is 22.8 Å². The minimum absolute atomic E-state index is 0.143. The normalized spacial score (nSPS) is 23.5. The van der Waals surface area contributed by atoms with Gasteiger partial charge in [0.25, 0.3) is 0 Å². The van der Waals surface area contributed by atoms with Crippen LogP contribution >= 0.6 is 0 Å². The number of carbonyl (C=O) groups excluding carboxylic acids is 2. The lowest BCUT2D eigenvalue weighted by atomic mass is 10.1. The molecule has 9 heteroatoms. The van der Waals surface area contributed by atoms with E-state index in [1.807, 2.05) is 25.2 Å². The molecule has 0 radical (unpaired) electrons. The molecule has 0 saturated carbocycles. The smallest absolute Gasteiger partial charge is 0.329 e. The summed E-state index contributed by atoms with van der Waals surface area (Å²) >= 11 is 0. The molecule has 2 atom stereocenters. The van der Waals surface area contributed by atoms with Crippen molar-refractivity contribution in [1.82, 2.24) is 24.7 Å². The van der Waals surface area contributed by atoms with Gasteiger partial charge in [0.05, 0.1) is 23.7 Å². The number of piperidine rings is 1. The van der Waals surface area contributed by atoms with Gasteiger partial charge in [-0.25, -0.2) is 4.79 Å². The average Bonchev–Trinajstić information content (AvgIpc) is 2.94. The number of carbonyl (C=O) groups is 2. The Hall–Kier alpha value is -2.49. The summed E-state index contributed by atoms with van der Waals surface area (Å²) in [5, 5.41) is 5.50. The predicted octanol–water partition coefficient (Wildman–Crippen LogP) is -0.262. The molecule has 1 unspecified atom stereocenters. The molecule has 2 aromatic rings. The van der Waals surface area contributed by atoms with Crippen molar-refractivity contribution in [2.75, 3.05) is 33.3 Å².